The predicted octanol–water partition coefficient (Wildman–Crippen LogP) is 1.51. The Morgan fingerprint density at radius 3 is 2.43 bits per heavy atom. The summed E-state index contributed by atoms with van der Waals surface area (Å²) in [6.45, 7) is 0.777. The molecule has 0 saturated heterocycles. The second-order valence-corrected chi connectivity index (χ2v) is 2.68. The number of carboxylic acid groups (broad SMARTS) is 1. The fourth-order valence-electron chi connectivity index (χ4n) is 0.862. The van der Waals surface area contributed by atoms with E-state index in [0.29, 0.717) is 0 Å². The lowest BCUT2D eigenvalue weighted by molar-refractivity contribution is -0.144. The maximum atomic E-state index is 11.9. The van der Waals surface area contributed by atoms with Gasteiger partial charge in [-0.3, -0.25) is 4.90 Å². The van der Waals surface area contributed by atoms with Crippen LogP contribution in [0.5, 0.6) is 0 Å². The molecular weight excluding hydrogens is 199 g/mol. The molecule has 0 aromatic carbocycles. The Kier molecular flexibility index (Phi) is 5.22. The first kappa shape index (κ1) is 13.0. The monoisotopic (exact) mass is 211 g/mol. The summed E-state index contributed by atoms with van der Waals surface area (Å²) < 4.78 is 35.7. The summed E-state index contributed by atoms with van der Waals surface area (Å²) in [5.74, 6) is -1.16. The SMILES string of the molecule is CCN(C/C=C/C(=O)O)CC(F)(F)F. The highest BCUT2D eigenvalue weighted by Crippen LogP contribution is 2.15. The molecule has 6 heteroatoms. The number of nitrogens with zero attached hydrogens (tertiary/aromatic N) is 1. The first-order chi connectivity index (χ1) is 6.35. The van der Waals surface area contributed by atoms with Crippen molar-refractivity contribution >= 4 is 5.97 Å². The third-order valence-corrected chi connectivity index (χ3v) is 1.47. The normalized spacial score (nSPS) is 12.6. The Bertz CT molecular complexity index is 213. The number of alkyl halides is 3. The van der Waals surface area contributed by atoms with Crippen molar-refractivity contribution < 1.29 is 23.1 Å². The third-order valence-electron chi connectivity index (χ3n) is 1.47. The van der Waals surface area contributed by atoms with Crippen LogP contribution in [-0.2, 0) is 4.79 Å². The van der Waals surface area contributed by atoms with Gasteiger partial charge in [0.2, 0.25) is 0 Å². The van der Waals surface area contributed by atoms with Gasteiger partial charge in [-0.25, -0.2) is 4.79 Å². The smallest absolute Gasteiger partial charge is 0.401 e. The van der Waals surface area contributed by atoms with Gasteiger partial charge >= 0.3 is 12.1 Å². The number of carboxylic acids is 1. The molecule has 0 aliphatic heterocycles. The molecule has 0 rings (SSSR count). The van der Waals surface area contributed by atoms with Gasteiger partial charge in [0, 0.05) is 12.6 Å². The highest BCUT2D eigenvalue weighted by Gasteiger charge is 2.29. The molecule has 0 unspecified atom stereocenters. The maximum Gasteiger partial charge on any atom is 0.401 e. The van der Waals surface area contributed by atoms with E-state index in [0.717, 1.165) is 11.0 Å². The molecule has 0 spiro atoms. The van der Waals surface area contributed by atoms with E-state index in [2.05, 4.69) is 0 Å². The number of rotatable bonds is 5. The highest BCUT2D eigenvalue weighted by molar-refractivity contribution is 5.79. The van der Waals surface area contributed by atoms with E-state index in [1.807, 2.05) is 0 Å². The lowest BCUT2D eigenvalue weighted by Gasteiger charge is -2.19. The molecule has 0 fully saturated rings. The van der Waals surface area contributed by atoms with Gasteiger partial charge in [-0.1, -0.05) is 13.0 Å². The number of halogens is 3. The van der Waals surface area contributed by atoms with Crippen molar-refractivity contribution in [3.05, 3.63) is 12.2 Å². The van der Waals surface area contributed by atoms with Crippen LogP contribution in [-0.4, -0.2) is 41.8 Å². The van der Waals surface area contributed by atoms with Gasteiger partial charge in [0.05, 0.1) is 6.54 Å². The van der Waals surface area contributed by atoms with Crippen LogP contribution in [0.15, 0.2) is 12.2 Å². The van der Waals surface area contributed by atoms with Gasteiger partial charge < -0.3 is 5.11 Å². The fourth-order valence-corrected chi connectivity index (χ4v) is 0.862. The molecule has 0 aromatic heterocycles. The number of aliphatic carboxylic acids is 1. The largest absolute Gasteiger partial charge is 0.478 e. The fraction of sp³-hybridized carbons (Fsp3) is 0.625. The highest BCUT2D eigenvalue weighted by atomic mass is 19.4. The lowest BCUT2D eigenvalue weighted by atomic mass is 10.4. The first-order valence-corrected chi connectivity index (χ1v) is 4.03. The van der Waals surface area contributed by atoms with Gasteiger partial charge in [0.15, 0.2) is 0 Å². The number of likely N-dealkylation sites (N-methyl/N-ethyl adjacent to an activating group) is 1. The van der Waals surface area contributed by atoms with Gasteiger partial charge in [-0.2, -0.15) is 13.2 Å². The molecule has 0 aliphatic carbocycles. The second kappa shape index (κ2) is 5.64. The van der Waals surface area contributed by atoms with E-state index in [9.17, 15) is 18.0 Å². The topological polar surface area (TPSA) is 40.5 Å². The molecular formula is C8H12F3NO2. The molecule has 0 heterocycles. The van der Waals surface area contributed by atoms with Crippen LogP contribution in [0, 0.1) is 0 Å². The summed E-state index contributed by atoms with van der Waals surface area (Å²) in [5.41, 5.74) is 0. The molecule has 0 atom stereocenters. The molecule has 14 heavy (non-hydrogen) atoms. The minimum Gasteiger partial charge on any atom is -0.478 e. The van der Waals surface area contributed by atoms with Crippen LogP contribution >= 0.6 is 0 Å². The van der Waals surface area contributed by atoms with Crippen LogP contribution in [0.2, 0.25) is 0 Å². The van der Waals surface area contributed by atoms with Crippen molar-refractivity contribution in [2.75, 3.05) is 19.6 Å². The van der Waals surface area contributed by atoms with Gasteiger partial charge in [0.25, 0.3) is 0 Å². The standard InChI is InChI=1S/C8H12F3NO2/c1-2-12(6-8(9,10)11)5-3-4-7(13)14/h3-4H,2,5-6H2,1H3,(H,13,14)/b4-3+. The molecule has 0 aliphatic rings. The Morgan fingerprint density at radius 1 is 1.50 bits per heavy atom. The molecule has 82 valence electrons. The molecule has 0 aromatic rings. The summed E-state index contributed by atoms with van der Waals surface area (Å²) in [7, 11) is 0. The van der Waals surface area contributed by atoms with E-state index >= 15 is 0 Å². The Balaban J connectivity index is 3.98. The van der Waals surface area contributed by atoms with Crippen LogP contribution < -0.4 is 0 Å². The Labute approximate surface area is 79.8 Å². The summed E-state index contributed by atoms with van der Waals surface area (Å²) in [5, 5.41) is 8.20. The molecule has 0 saturated carbocycles. The third kappa shape index (κ3) is 7.60. The van der Waals surface area contributed by atoms with Crippen molar-refractivity contribution in [3.63, 3.8) is 0 Å². The first-order valence-electron chi connectivity index (χ1n) is 4.03. The van der Waals surface area contributed by atoms with Gasteiger partial charge in [-0.05, 0) is 6.54 Å². The van der Waals surface area contributed by atoms with Gasteiger partial charge in [0.1, 0.15) is 0 Å². The van der Waals surface area contributed by atoms with Crippen molar-refractivity contribution in [1.29, 1.82) is 0 Å². The lowest BCUT2D eigenvalue weighted by Crippen LogP contribution is -2.34. The van der Waals surface area contributed by atoms with E-state index in [1.54, 1.807) is 6.92 Å². The van der Waals surface area contributed by atoms with Crippen LogP contribution in [0.25, 0.3) is 0 Å². The molecule has 0 bridgehead atoms. The zero-order chi connectivity index (χ0) is 11.2. The van der Waals surface area contributed by atoms with Crippen molar-refractivity contribution in [2.45, 2.75) is 13.1 Å². The quantitative estimate of drug-likeness (QED) is 0.701. The van der Waals surface area contributed by atoms with E-state index in [-0.39, 0.29) is 13.1 Å². The number of carbonyl (C=O) groups is 1. The minimum atomic E-state index is -4.24. The number of hydrogen-bond acceptors (Lipinski definition) is 2. The van der Waals surface area contributed by atoms with Crippen molar-refractivity contribution in [1.82, 2.24) is 4.90 Å². The zero-order valence-electron chi connectivity index (χ0n) is 7.71. The van der Waals surface area contributed by atoms with E-state index in [4.69, 9.17) is 5.11 Å². The average molecular weight is 211 g/mol. The second-order valence-electron chi connectivity index (χ2n) is 2.68. The van der Waals surface area contributed by atoms with E-state index < -0.39 is 18.7 Å². The minimum absolute atomic E-state index is 0.0116. The van der Waals surface area contributed by atoms with Crippen molar-refractivity contribution in [2.24, 2.45) is 0 Å². The Hall–Kier alpha value is -1.04. The van der Waals surface area contributed by atoms with Crippen LogP contribution in [0.1, 0.15) is 6.92 Å². The summed E-state index contributed by atoms with van der Waals surface area (Å²) in [6, 6.07) is 0. The molecule has 0 amide bonds. The molecule has 0 radical (unpaired) electrons. The summed E-state index contributed by atoms with van der Waals surface area (Å²) in [6.07, 6.45) is -2.22. The zero-order valence-corrected chi connectivity index (χ0v) is 7.71. The predicted molar refractivity (Wildman–Crippen MR) is 44.9 cm³/mol. The maximum absolute atomic E-state index is 11.9. The van der Waals surface area contributed by atoms with Gasteiger partial charge in [-0.15, -0.1) is 0 Å². The summed E-state index contributed by atoms with van der Waals surface area (Å²) in [4.78, 5) is 11.1. The van der Waals surface area contributed by atoms with Crippen molar-refractivity contribution in [3.8, 4) is 0 Å². The average Bonchev–Trinajstić information content (AvgIpc) is 1.99. The Morgan fingerprint density at radius 2 is 2.07 bits per heavy atom. The van der Waals surface area contributed by atoms with Crippen LogP contribution in [0.3, 0.4) is 0 Å². The van der Waals surface area contributed by atoms with Crippen LogP contribution in [0.4, 0.5) is 13.2 Å². The molecule has 3 nitrogen and oxygen atoms in total. The molecule has 1 N–H and O–H groups in total. The number of hydrogen-bond donors (Lipinski definition) is 1. The summed E-state index contributed by atoms with van der Waals surface area (Å²) >= 11 is 0. The van der Waals surface area contributed by atoms with E-state index in [1.165, 1.54) is 6.08 Å².